The Morgan fingerprint density at radius 2 is 1.54 bits per heavy atom. The molecule has 0 bridgehead atoms. The second-order valence-electron chi connectivity index (χ2n) is 4.54. The Morgan fingerprint density at radius 1 is 0.958 bits per heavy atom. The van der Waals surface area contributed by atoms with Gasteiger partial charge in [-0.2, -0.15) is 0 Å². The van der Waals surface area contributed by atoms with Crippen molar-refractivity contribution in [2.24, 2.45) is 0 Å². The smallest absolute Gasteiger partial charge is 0.335 e. The summed E-state index contributed by atoms with van der Waals surface area (Å²) in [7, 11) is 0. The fourth-order valence-electron chi connectivity index (χ4n) is 1.75. The molecule has 0 saturated carbocycles. The van der Waals surface area contributed by atoms with E-state index in [1.165, 1.54) is 24.3 Å². The Balaban J connectivity index is 2.02. The van der Waals surface area contributed by atoms with E-state index in [2.05, 4.69) is 6.58 Å². The Bertz CT molecular complexity index is 765. The van der Waals surface area contributed by atoms with Crippen LogP contribution in [-0.4, -0.2) is 23.1 Å². The van der Waals surface area contributed by atoms with Crippen molar-refractivity contribution in [3.05, 3.63) is 66.7 Å². The highest BCUT2D eigenvalue weighted by molar-refractivity contribution is 8.15. The summed E-state index contributed by atoms with van der Waals surface area (Å²) < 4.78 is 4.92. The van der Waals surface area contributed by atoms with Crippen LogP contribution < -0.4 is 4.74 Å². The van der Waals surface area contributed by atoms with Gasteiger partial charge in [0, 0.05) is 21.4 Å². The summed E-state index contributed by atoms with van der Waals surface area (Å²) in [6.07, 6.45) is 3.01. The minimum atomic E-state index is -0.601. The molecule has 4 nitrogen and oxygen atoms in total. The zero-order valence-corrected chi connectivity index (χ0v) is 14.5. The Hall–Kier alpha value is -2.31. The number of ketones is 1. The molecule has 0 aliphatic carbocycles. The van der Waals surface area contributed by atoms with Crippen LogP contribution in [0.1, 0.15) is 10.4 Å². The van der Waals surface area contributed by atoms with E-state index in [1.807, 2.05) is 18.4 Å². The van der Waals surface area contributed by atoms with Gasteiger partial charge >= 0.3 is 5.97 Å². The van der Waals surface area contributed by atoms with Gasteiger partial charge in [-0.25, -0.2) is 4.79 Å². The highest BCUT2D eigenvalue weighted by atomic mass is 32.2. The zero-order chi connectivity index (χ0) is 17.5. The lowest BCUT2D eigenvalue weighted by Gasteiger charge is -2.04. The topological polar surface area (TPSA) is 60.4 Å². The molecule has 2 aromatic carbocycles. The molecule has 6 heteroatoms. The SMILES string of the molecule is C=CC(=O)Oc1ccc(C(=O)C(=O)Sc2ccc(SC)cc2)cc1. The highest BCUT2D eigenvalue weighted by Crippen LogP contribution is 2.24. The Kier molecular flexibility index (Phi) is 6.40. The van der Waals surface area contributed by atoms with E-state index in [0.29, 0.717) is 4.90 Å². The van der Waals surface area contributed by atoms with E-state index in [1.54, 1.807) is 23.9 Å². The summed E-state index contributed by atoms with van der Waals surface area (Å²) in [6.45, 7) is 3.30. The summed E-state index contributed by atoms with van der Waals surface area (Å²) in [5.74, 6) is -0.908. The van der Waals surface area contributed by atoms with Gasteiger partial charge in [0.15, 0.2) is 0 Å². The second-order valence-corrected chi connectivity index (χ2v) is 6.47. The monoisotopic (exact) mass is 358 g/mol. The summed E-state index contributed by atoms with van der Waals surface area (Å²) in [6, 6.07) is 13.2. The molecule has 0 saturated heterocycles. The largest absolute Gasteiger partial charge is 0.423 e. The standard InChI is InChI=1S/C18H14O4S2/c1-3-16(19)22-13-6-4-12(5-7-13)17(20)18(21)24-15-10-8-14(23-2)9-11-15/h3-11H,1H2,2H3. The average molecular weight is 358 g/mol. The lowest BCUT2D eigenvalue weighted by molar-refractivity contribution is -0.129. The number of ether oxygens (including phenoxy) is 1. The van der Waals surface area contributed by atoms with Gasteiger partial charge in [0.1, 0.15) is 5.75 Å². The quantitative estimate of drug-likeness (QED) is 0.194. The number of thioether (sulfide) groups is 2. The average Bonchev–Trinajstić information content (AvgIpc) is 2.62. The van der Waals surface area contributed by atoms with Gasteiger partial charge in [-0.05, 0) is 66.5 Å². The van der Waals surface area contributed by atoms with Gasteiger partial charge in [-0.3, -0.25) is 9.59 Å². The number of benzene rings is 2. The third-order valence-electron chi connectivity index (χ3n) is 2.96. The van der Waals surface area contributed by atoms with E-state index < -0.39 is 16.9 Å². The number of carbonyl (C=O) groups is 3. The first-order valence-electron chi connectivity index (χ1n) is 6.88. The number of hydrogen-bond acceptors (Lipinski definition) is 6. The molecule has 122 valence electrons. The summed E-state index contributed by atoms with van der Waals surface area (Å²) in [5.41, 5.74) is 0.242. The first-order valence-corrected chi connectivity index (χ1v) is 8.92. The predicted molar refractivity (Wildman–Crippen MR) is 95.7 cm³/mol. The Morgan fingerprint density at radius 3 is 2.08 bits per heavy atom. The minimum absolute atomic E-state index is 0.242. The maximum Gasteiger partial charge on any atom is 0.335 e. The van der Waals surface area contributed by atoms with E-state index in [0.717, 1.165) is 22.7 Å². The van der Waals surface area contributed by atoms with Crippen molar-refractivity contribution in [3.63, 3.8) is 0 Å². The molecular weight excluding hydrogens is 344 g/mol. The van der Waals surface area contributed by atoms with E-state index in [-0.39, 0.29) is 11.3 Å². The van der Waals surface area contributed by atoms with Crippen LogP contribution in [0.25, 0.3) is 0 Å². The lowest BCUT2D eigenvalue weighted by atomic mass is 10.1. The normalized spacial score (nSPS) is 10.0. The van der Waals surface area contributed by atoms with Gasteiger partial charge < -0.3 is 4.74 Å². The number of Topliss-reactive ketones (excluding diaryl/α,β-unsaturated/α-hetero) is 1. The van der Waals surface area contributed by atoms with Crippen LogP contribution >= 0.6 is 23.5 Å². The van der Waals surface area contributed by atoms with Gasteiger partial charge in [0.25, 0.3) is 5.12 Å². The van der Waals surface area contributed by atoms with E-state index in [9.17, 15) is 14.4 Å². The molecular formula is C18H14O4S2. The molecule has 0 amide bonds. The van der Waals surface area contributed by atoms with E-state index >= 15 is 0 Å². The van der Waals surface area contributed by atoms with Crippen molar-refractivity contribution < 1.29 is 19.1 Å². The molecule has 0 aliphatic heterocycles. The van der Waals surface area contributed by atoms with Crippen LogP contribution in [0.2, 0.25) is 0 Å². The first kappa shape index (κ1) is 18.0. The van der Waals surface area contributed by atoms with Crippen LogP contribution in [0, 0.1) is 0 Å². The van der Waals surface area contributed by atoms with Crippen LogP contribution in [0.5, 0.6) is 5.75 Å². The van der Waals surface area contributed by atoms with Gasteiger partial charge in [0.05, 0.1) is 0 Å². The van der Waals surface area contributed by atoms with Crippen molar-refractivity contribution in [2.75, 3.05) is 6.26 Å². The molecule has 0 unspecified atom stereocenters. The van der Waals surface area contributed by atoms with Crippen LogP contribution in [0.15, 0.2) is 71.0 Å². The number of carbonyl (C=O) groups excluding carboxylic acids is 3. The maximum absolute atomic E-state index is 12.2. The fourth-order valence-corrected chi connectivity index (χ4v) is 2.85. The van der Waals surface area contributed by atoms with Crippen molar-refractivity contribution in [3.8, 4) is 5.75 Å². The Labute approximate surface area is 148 Å². The van der Waals surface area contributed by atoms with Crippen LogP contribution in [0.3, 0.4) is 0 Å². The van der Waals surface area contributed by atoms with Crippen LogP contribution in [0.4, 0.5) is 0 Å². The van der Waals surface area contributed by atoms with Crippen molar-refractivity contribution >= 4 is 40.4 Å². The number of rotatable bonds is 6. The third-order valence-corrected chi connectivity index (χ3v) is 4.58. The van der Waals surface area contributed by atoms with Gasteiger partial charge in [-0.1, -0.05) is 6.58 Å². The molecule has 0 heterocycles. The minimum Gasteiger partial charge on any atom is -0.423 e. The molecule has 0 fully saturated rings. The summed E-state index contributed by atoms with van der Waals surface area (Å²) >= 11 is 2.49. The van der Waals surface area contributed by atoms with Crippen molar-refractivity contribution in [2.45, 2.75) is 9.79 Å². The van der Waals surface area contributed by atoms with Gasteiger partial charge in [0.2, 0.25) is 5.78 Å². The molecule has 24 heavy (non-hydrogen) atoms. The van der Waals surface area contributed by atoms with E-state index in [4.69, 9.17) is 4.74 Å². The molecule has 0 aliphatic rings. The van der Waals surface area contributed by atoms with Crippen LogP contribution in [-0.2, 0) is 9.59 Å². The predicted octanol–water partition coefficient (Wildman–Crippen LogP) is 4.00. The number of esters is 1. The molecule has 0 radical (unpaired) electrons. The fraction of sp³-hybridized carbons (Fsp3) is 0.0556. The van der Waals surface area contributed by atoms with Gasteiger partial charge in [-0.15, -0.1) is 11.8 Å². The van der Waals surface area contributed by atoms with Crippen molar-refractivity contribution in [1.29, 1.82) is 0 Å². The lowest BCUT2D eigenvalue weighted by Crippen LogP contribution is -2.10. The molecule has 0 aromatic heterocycles. The molecule has 0 atom stereocenters. The summed E-state index contributed by atoms with van der Waals surface area (Å²) in [5, 5.41) is -0.567. The van der Waals surface area contributed by atoms with Crippen molar-refractivity contribution in [1.82, 2.24) is 0 Å². The highest BCUT2D eigenvalue weighted by Gasteiger charge is 2.18. The maximum atomic E-state index is 12.2. The number of hydrogen-bond donors (Lipinski definition) is 0. The molecule has 2 rings (SSSR count). The summed E-state index contributed by atoms with van der Waals surface area (Å²) in [4.78, 5) is 37.1. The second kappa shape index (κ2) is 8.52. The molecule has 2 aromatic rings. The molecule has 0 N–H and O–H groups in total. The zero-order valence-electron chi connectivity index (χ0n) is 12.9. The first-order chi connectivity index (χ1) is 11.5. The third kappa shape index (κ3) is 4.84. The molecule has 0 spiro atoms.